The molecule has 7 heteroatoms. The molecule has 0 aromatic heterocycles. The van der Waals surface area contributed by atoms with Crippen LogP contribution in [0.2, 0.25) is 0 Å². The summed E-state index contributed by atoms with van der Waals surface area (Å²) in [6, 6.07) is 31.4. The molecule has 39 heavy (non-hydrogen) atoms. The molecule has 2 N–H and O–H groups in total. The number of likely N-dealkylation sites (tertiary alicyclic amines) is 1. The smallest absolute Gasteiger partial charge is 0.415 e. The monoisotopic (exact) mass is 544 g/mol. The van der Waals surface area contributed by atoms with Crippen LogP contribution in [0, 0.1) is 5.92 Å². The molecule has 1 heterocycles. The van der Waals surface area contributed by atoms with Gasteiger partial charge in [0, 0.05) is 25.0 Å². The van der Waals surface area contributed by atoms with Crippen molar-refractivity contribution < 1.29 is 19.4 Å². The molecule has 0 spiro atoms. The fourth-order valence-electron chi connectivity index (χ4n) is 5.41. The molecule has 1 amide bonds. The molecular formula is C32H33ClN2O4. The molecule has 1 aliphatic rings. The Morgan fingerprint density at radius 1 is 0.974 bits per heavy atom. The molecule has 0 bridgehead atoms. The Bertz CT molecular complexity index is 1420. The van der Waals surface area contributed by atoms with Crippen LogP contribution in [0.25, 0.3) is 10.8 Å². The van der Waals surface area contributed by atoms with Crippen LogP contribution in [0.1, 0.15) is 46.8 Å². The zero-order chi connectivity index (χ0) is 26.5. The highest BCUT2D eigenvalue weighted by Gasteiger charge is 2.33. The minimum Gasteiger partial charge on any atom is -0.478 e. The van der Waals surface area contributed by atoms with E-state index in [1.165, 1.54) is 34.0 Å². The van der Waals surface area contributed by atoms with E-state index in [-0.39, 0.29) is 35.7 Å². The molecule has 4 aromatic carbocycles. The molecule has 2 unspecified atom stereocenters. The molecule has 6 nitrogen and oxygen atoms in total. The number of benzene rings is 4. The lowest BCUT2D eigenvalue weighted by Gasteiger charge is -2.39. The third-order valence-electron chi connectivity index (χ3n) is 7.50. The second kappa shape index (κ2) is 12.8. The summed E-state index contributed by atoms with van der Waals surface area (Å²) in [4.78, 5) is 26.1. The third-order valence-corrected chi connectivity index (χ3v) is 7.50. The van der Waals surface area contributed by atoms with Crippen LogP contribution in [0.15, 0.2) is 97.1 Å². The van der Waals surface area contributed by atoms with Crippen molar-refractivity contribution in [2.75, 3.05) is 19.6 Å². The summed E-state index contributed by atoms with van der Waals surface area (Å²) in [5.41, 5.74) is 2.56. The molecule has 0 saturated carbocycles. The van der Waals surface area contributed by atoms with Crippen molar-refractivity contribution in [2.24, 2.45) is 5.92 Å². The van der Waals surface area contributed by atoms with E-state index < -0.39 is 12.1 Å². The van der Waals surface area contributed by atoms with E-state index >= 15 is 0 Å². The number of halogens is 1. The first kappa shape index (κ1) is 28.1. The van der Waals surface area contributed by atoms with Gasteiger partial charge in [-0.3, -0.25) is 0 Å². The molecule has 0 radical (unpaired) electrons. The third kappa shape index (κ3) is 6.59. The van der Waals surface area contributed by atoms with Crippen molar-refractivity contribution in [3.63, 3.8) is 0 Å². The Morgan fingerprint density at radius 2 is 1.69 bits per heavy atom. The van der Waals surface area contributed by atoms with Crippen LogP contribution in [-0.4, -0.2) is 41.7 Å². The second-order valence-corrected chi connectivity index (χ2v) is 9.91. The number of amides is 1. The zero-order valence-electron chi connectivity index (χ0n) is 21.8. The van der Waals surface area contributed by atoms with Gasteiger partial charge in [-0.1, -0.05) is 78.9 Å². The maximum absolute atomic E-state index is 13.0. The van der Waals surface area contributed by atoms with Crippen LogP contribution in [0.5, 0.6) is 5.75 Å². The lowest BCUT2D eigenvalue weighted by Crippen LogP contribution is -2.46. The molecule has 4 aromatic rings. The number of carbonyl (C=O) groups is 2. The van der Waals surface area contributed by atoms with Crippen molar-refractivity contribution in [2.45, 2.75) is 25.3 Å². The van der Waals surface area contributed by atoms with Crippen molar-refractivity contribution in [1.82, 2.24) is 10.2 Å². The Kier molecular flexibility index (Phi) is 9.23. The van der Waals surface area contributed by atoms with Gasteiger partial charge in [-0.15, -0.1) is 12.4 Å². The van der Waals surface area contributed by atoms with E-state index in [1.807, 2.05) is 18.2 Å². The molecule has 0 aliphatic carbocycles. The Labute approximate surface area is 235 Å². The van der Waals surface area contributed by atoms with E-state index in [9.17, 15) is 14.7 Å². The van der Waals surface area contributed by atoms with Crippen LogP contribution >= 0.6 is 12.4 Å². The number of fused-ring (bicyclic) bond motifs is 1. The van der Waals surface area contributed by atoms with E-state index in [2.05, 4.69) is 66.8 Å². The number of nitrogens with zero attached hydrogens (tertiary/aromatic N) is 1. The summed E-state index contributed by atoms with van der Waals surface area (Å²) in [6.45, 7) is 4.15. The summed E-state index contributed by atoms with van der Waals surface area (Å²) >= 11 is 0. The van der Waals surface area contributed by atoms with Crippen LogP contribution in [-0.2, 0) is 0 Å². The number of hydrogen-bond donors (Lipinski definition) is 2. The first-order valence-electron chi connectivity index (χ1n) is 13.1. The number of piperidine rings is 1. The summed E-state index contributed by atoms with van der Waals surface area (Å²) in [5.74, 6) is -0.332. The minimum absolute atomic E-state index is 0. The topological polar surface area (TPSA) is 78.9 Å². The lowest BCUT2D eigenvalue weighted by molar-refractivity contribution is 0.0695. The summed E-state index contributed by atoms with van der Waals surface area (Å²) in [6.07, 6.45) is 0.378. The average molecular weight is 545 g/mol. The van der Waals surface area contributed by atoms with Crippen molar-refractivity contribution in [3.05, 3.63) is 114 Å². The molecule has 5 rings (SSSR count). The van der Waals surface area contributed by atoms with Crippen molar-refractivity contribution in [3.8, 4) is 5.75 Å². The highest BCUT2D eigenvalue weighted by Crippen LogP contribution is 2.33. The Hall–Kier alpha value is -3.87. The molecular weight excluding hydrogens is 512 g/mol. The fraction of sp³-hybridized carbons (Fsp3) is 0.250. The maximum atomic E-state index is 13.0. The highest BCUT2D eigenvalue weighted by atomic mass is 35.5. The molecule has 1 saturated heterocycles. The van der Waals surface area contributed by atoms with Gasteiger partial charge in [-0.25, -0.2) is 9.59 Å². The van der Waals surface area contributed by atoms with Gasteiger partial charge in [0.15, 0.2) is 0 Å². The number of aromatic carboxylic acids is 1. The number of nitrogens with one attached hydrogen (secondary N) is 1. The van der Waals surface area contributed by atoms with Crippen molar-refractivity contribution in [1.29, 1.82) is 0 Å². The van der Waals surface area contributed by atoms with Gasteiger partial charge in [-0.2, -0.15) is 0 Å². The van der Waals surface area contributed by atoms with Gasteiger partial charge in [-0.05, 0) is 65.9 Å². The van der Waals surface area contributed by atoms with Crippen LogP contribution < -0.4 is 10.1 Å². The van der Waals surface area contributed by atoms with Crippen LogP contribution in [0.4, 0.5) is 4.79 Å². The predicted molar refractivity (Wildman–Crippen MR) is 156 cm³/mol. The minimum atomic E-state index is -1.06. The van der Waals surface area contributed by atoms with Gasteiger partial charge >= 0.3 is 12.1 Å². The molecule has 1 aliphatic heterocycles. The van der Waals surface area contributed by atoms with Gasteiger partial charge in [0.25, 0.3) is 0 Å². The zero-order valence-corrected chi connectivity index (χ0v) is 22.6. The fourth-order valence-corrected chi connectivity index (χ4v) is 5.41. The first-order valence-corrected chi connectivity index (χ1v) is 13.1. The number of hydrogen-bond acceptors (Lipinski definition) is 4. The summed E-state index contributed by atoms with van der Waals surface area (Å²) in [7, 11) is 0. The van der Waals surface area contributed by atoms with E-state index in [1.54, 1.807) is 17.0 Å². The van der Waals surface area contributed by atoms with E-state index in [0.29, 0.717) is 19.0 Å². The highest BCUT2D eigenvalue weighted by molar-refractivity contribution is 5.88. The summed E-state index contributed by atoms with van der Waals surface area (Å²) < 4.78 is 5.57. The van der Waals surface area contributed by atoms with Crippen molar-refractivity contribution >= 4 is 35.2 Å². The Morgan fingerprint density at radius 3 is 2.49 bits per heavy atom. The van der Waals surface area contributed by atoms with Gasteiger partial charge in [0.2, 0.25) is 0 Å². The van der Waals surface area contributed by atoms with Gasteiger partial charge < -0.3 is 20.1 Å². The van der Waals surface area contributed by atoms with Crippen LogP contribution in [0.3, 0.4) is 0 Å². The Balaban J connectivity index is 0.00000353. The maximum Gasteiger partial charge on any atom is 0.415 e. The van der Waals surface area contributed by atoms with E-state index in [4.69, 9.17) is 4.74 Å². The van der Waals surface area contributed by atoms with Gasteiger partial charge in [0.05, 0.1) is 5.56 Å². The number of carboxylic acids is 1. The standard InChI is InChI=1S/C32H32N2O4.ClH/c1-22(28-16-8-12-23-11-5-6-15-29(23)28)33-20-26-17-18-34(21-30(26)24-9-3-2-4-10-24)32(37)38-27-14-7-13-25(19-27)31(35)36;/h2-16,19,22,26,30,33H,17-18,20-21H2,1H3,(H,35,36);1H/t22-,26?,30?;/m1./s1. The summed E-state index contributed by atoms with van der Waals surface area (Å²) in [5, 5.41) is 15.5. The number of carboxylic acid groups (broad SMARTS) is 1. The van der Waals surface area contributed by atoms with E-state index in [0.717, 1.165) is 13.0 Å². The molecule has 202 valence electrons. The molecule has 1 fully saturated rings. The number of rotatable bonds is 7. The predicted octanol–water partition coefficient (Wildman–Crippen LogP) is 6.92. The first-order chi connectivity index (χ1) is 18.5. The number of ether oxygens (including phenoxy) is 1. The average Bonchev–Trinajstić information content (AvgIpc) is 2.96. The quantitative estimate of drug-likeness (QED) is 0.264. The second-order valence-electron chi connectivity index (χ2n) is 9.91. The number of carbonyl (C=O) groups excluding carboxylic acids is 1. The lowest BCUT2D eigenvalue weighted by atomic mass is 9.80. The largest absolute Gasteiger partial charge is 0.478 e. The molecule has 3 atom stereocenters. The normalized spacial score (nSPS) is 17.7. The van der Waals surface area contributed by atoms with Gasteiger partial charge in [0.1, 0.15) is 5.75 Å². The SMILES string of the molecule is C[C@@H](NCC1CCN(C(=O)Oc2cccc(C(=O)O)c2)CC1c1ccccc1)c1cccc2ccccc12.Cl.